The van der Waals surface area contributed by atoms with Crippen molar-refractivity contribution in [3.63, 3.8) is 0 Å². The maximum atomic E-state index is 11.8. The molecule has 4 nitrogen and oxygen atoms in total. The van der Waals surface area contributed by atoms with Crippen molar-refractivity contribution in [2.45, 2.75) is 44.0 Å². The molecule has 5 heteroatoms. The lowest BCUT2D eigenvalue weighted by Gasteiger charge is -2.16. The van der Waals surface area contributed by atoms with Crippen molar-refractivity contribution in [3.8, 4) is 0 Å². The topological polar surface area (TPSA) is 66.4 Å². The minimum Gasteiger partial charge on any atom is -0.480 e. The first-order chi connectivity index (χ1) is 9.99. The smallest absolute Gasteiger partial charge is 0.326 e. The molecule has 1 unspecified atom stereocenters. The predicted molar refractivity (Wildman–Crippen MR) is 85.4 cm³/mol. The fraction of sp³-hybridized carbons (Fsp3) is 0.500. The van der Waals surface area contributed by atoms with Crippen LogP contribution in [0.3, 0.4) is 0 Å². The van der Waals surface area contributed by atoms with Crippen molar-refractivity contribution >= 4 is 23.6 Å². The van der Waals surface area contributed by atoms with Gasteiger partial charge in [0.1, 0.15) is 6.04 Å². The van der Waals surface area contributed by atoms with E-state index < -0.39 is 12.0 Å². The molecule has 1 aromatic carbocycles. The Labute approximate surface area is 130 Å². The Hall–Kier alpha value is -1.49. The van der Waals surface area contributed by atoms with Crippen molar-refractivity contribution in [3.05, 3.63) is 30.3 Å². The average molecular weight is 309 g/mol. The number of benzene rings is 1. The normalized spacial score (nSPS) is 12.1. The zero-order valence-corrected chi connectivity index (χ0v) is 13.4. The van der Waals surface area contributed by atoms with Crippen LogP contribution < -0.4 is 5.32 Å². The molecule has 116 valence electrons. The van der Waals surface area contributed by atoms with Crippen molar-refractivity contribution < 1.29 is 14.7 Å². The maximum Gasteiger partial charge on any atom is 0.326 e. The summed E-state index contributed by atoms with van der Waals surface area (Å²) in [7, 11) is 0. The molecule has 0 aliphatic carbocycles. The number of rotatable bonds is 9. The highest BCUT2D eigenvalue weighted by Crippen LogP contribution is 2.18. The molecule has 1 rings (SSSR count). The molecular weight excluding hydrogens is 286 g/mol. The third-order valence-corrected chi connectivity index (χ3v) is 4.00. The van der Waals surface area contributed by atoms with E-state index in [0.29, 0.717) is 12.8 Å². The van der Waals surface area contributed by atoms with Crippen LogP contribution in [0.1, 0.15) is 33.1 Å². The van der Waals surface area contributed by atoms with Gasteiger partial charge in [0.15, 0.2) is 0 Å². The molecule has 0 heterocycles. The van der Waals surface area contributed by atoms with Gasteiger partial charge < -0.3 is 10.4 Å². The molecule has 0 fully saturated rings. The summed E-state index contributed by atoms with van der Waals surface area (Å²) in [6.07, 6.45) is 1.56. The first-order valence-corrected chi connectivity index (χ1v) is 8.17. The summed E-state index contributed by atoms with van der Waals surface area (Å²) in [4.78, 5) is 24.0. The van der Waals surface area contributed by atoms with Gasteiger partial charge in [-0.1, -0.05) is 32.0 Å². The molecule has 0 aromatic heterocycles. The predicted octanol–water partition coefficient (Wildman–Crippen LogP) is 3.17. The minimum atomic E-state index is -0.962. The second-order valence-electron chi connectivity index (χ2n) is 5.35. The fourth-order valence-corrected chi connectivity index (χ4v) is 2.77. The average Bonchev–Trinajstić information content (AvgIpc) is 2.43. The van der Waals surface area contributed by atoms with Gasteiger partial charge in [0.25, 0.3) is 0 Å². The van der Waals surface area contributed by atoms with E-state index in [1.165, 1.54) is 4.90 Å². The number of carboxylic acids is 1. The van der Waals surface area contributed by atoms with Gasteiger partial charge in [-0.2, -0.15) is 0 Å². The second-order valence-corrected chi connectivity index (χ2v) is 6.52. The van der Waals surface area contributed by atoms with Gasteiger partial charge in [-0.15, -0.1) is 11.8 Å². The van der Waals surface area contributed by atoms with Gasteiger partial charge in [-0.3, -0.25) is 4.79 Å². The lowest BCUT2D eigenvalue weighted by atomic mass is 10.0. The Balaban J connectivity index is 2.25. The molecule has 0 aliphatic rings. The highest BCUT2D eigenvalue weighted by atomic mass is 32.2. The quantitative estimate of drug-likeness (QED) is 0.543. The molecule has 0 aliphatic heterocycles. The standard InChI is InChI=1S/C16H23NO3S/c1-12(2)11-14(16(19)20)17-15(18)9-6-10-21-13-7-4-3-5-8-13/h3-5,7-8,12,14H,6,9-11H2,1-2H3,(H,17,18)(H,19,20). The lowest BCUT2D eigenvalue weighted by Crippen LogP contribution is -2.41. The van der Waals surface area contributed by atoms with E-state index in [1.807, 2.05) is 44.2 Å². The van der Waals surface area contributed by atoms with Gasteiger partial charge in [-0.25, -0.2) is 4.79 Å². The van der Waals surface area contributed by atoms with Crippen molar-refractivity contribution in [1.29, 1.82) is 0 Å². The molecular formula is C16H23NO3S. The molecule has 0 saturated carbocycles. The minimum absolute atomic E-state index is 0.184. The number of carbonyl (C=O) groups is 2. The Morgan fingerprint density at radius 3 is 2.48 bits per heavy atom. The third kappa shape index (κ3) is 7.75. The van der Waals surface area contributed by atoms with E-state index in [2.05, 4.69) is 5.32 Å². The van der Waals surface area contributed by atoms with Gasteiger partial charge in [0, 0.05) is 11.3 Å². The fourth-order valence-electron chi connectivity index (χ4n) is 1.90. The maximum absolute atomic E-state index is 11.8. The van der Waals surface area contributed by atoms with Crippen LogP contribution in [0.25, 0.3) is 0 Å². The van der Waals surface area contributed by atoms with Gasteiger partial charge in [-0.05, 0) is 36.6 Å². The molecule has 1 aromatic rings. The largest absolute Gasteiger partial charge is 0.480 e. The van der Waals surface area contributed by atoms with Crippen LogP contribution in [0.4, 0.5) is 0 Å². The van der Waals surface area contributed by atoms with Crippen LogP contribution in [0, 0.1) is 5.92 Å². The Bertz CT molecular complexity index is 448. The summed E-state index contributed by atoms with van der Waals surface area (Å²) in [5, 5.41) is 11.7. The van der Waals surface area contributed by atoms with Crippen LogP contribution in [0.2, 0.25) is 0 Å². The molecule has 0 spiro atoms. The summed E-state index contributed by atoms with van der Waals surface area (Å²) in [6.45, 7) is 3.89. The number of hydrogen-bond donors (Lipinski definition) is 2. The Morgan fingerprint density at radius 1 is 1.24 bits per heavy atom. The monoisotopic (exact) mass is 309 g/mol. The summed E-state index contributed by atoms with van der Waals surface area (Å²) < 4.78 is 0. The lowest BCUT2D eigenvalue weighted by molar-refractivity contribution is -0.142. The Kier molecular flexibility index (Phi) is 7.90. The zero-order valence-electron chi connectivity index (χ0n) is 12.5. The summed E-state index contributed by atoms with van der Waals surface area (Å²) in [5.41, 5.74) is 0. The van der Waals surface area contributed by atoms with E-state index in [1.54, 1.807) is 11.8 Å². The second kappa shape index (κ2) is 9.45. The molecule has 1 atom stereocenters. The number of thioether (sulfide) groups is 1. The molecule has 0 saturated heterocycles. The van der Waals surface area contributed by atoms with Crippen molar-refractivity contribution in [1.82, 2.24) is 5.32 Å². The number of carboxylic acid groups (broad SMARTS) is 1. The summed E-state index contributed by atoms with van der Waals surface area (Å²) in [5.74, 6) is -0.0632. The van der Waals surface area contributed by atoms with E-state index >= 15 is 0 Å². The molecule has 1 amide bonds. The van der Waals surface area contributed by atoms with Crippen LogP contribution in [0.5, 0.6) is 0 Å². The zero-order chi connectivity index (χ0) is 15.7. The summed E-state index contributed by atoms with van der Waals surface area (Å²) >= 11 is 1.70. The van der Waals surface area contributed by atoms with E-state index in [4.69, 9.17) is 5.11 Å². The first-order valence-electron chi connectivity index (χ1n) is 7.19. The highest BCUT2D eigenvalue weighted by molar-refractivity contribution is 7.99. The molecule has 2 N–H and O–H groups in total. The van der Waals surface area contributed by atoms with Gasteiger partial charge in [0.2, 0.25) is 5.91 Å². The van der Waals surface area contributed by atoms with Crippen LogP contribution in [-0.4, -0.2) is 28.8 Å². The third-order valence-electron chi connectivity index (χ3n) is 2.90. The number of amides is 1. The SMILES string of the molecule is CC(C)CC(NC(=O)CCCSc1ccccc1)C(=O)O. The Morgan fingerprint density at radius 2 is 1.90 bits per heavy atom. The number of aliphatic carboxylic acids is 1. The summed E-state index contributed by atoms with van der Waals surface area (Å²) in [6, 6.07) is 9.23. The van der Waals surface area contributed by atoms with Crippen LogP contribution in [0.15, 0.2) is 35.2 Å². The van der Waals surface area contributed by atoms with E-state index in [9.17, 15) is 9.59 Å². The first kappa shape index (κ1) is 17.6. The van der Waals surface area contributed by atoms with Gasteiger partial charge in [0.05, 0.1) is 0 Å². The van der Waals surface area contributed by atoms with Gasteiger partial charge >= 0.3 is 5.97 Å². The highest BCUT2D eigenvalue weighted by Gasteiger charge is 2.20. The number of carbonyl (C=O) groups excluding carboxylic acids is 1. The molecule has 21 heavy (non-hydrogen) atoms. The van der Waals surface area contributed by atoms with Crippen LogP contribution >= 0.6 is 11.8 Å². The van der Waals surface area contributed by atoms with Crippen molar-refractivity contribution in [2.75, 3.05) is 5.75 Å². The van der Waals surface area contributed by atoms with E-state index in [0.717, 1.165) is 12.2 Å². The number of nitrogens with one attached hydrogen (secondary N) is 1. The molecule has 0 radical (unpaired) electrons. The van der Waals surface area contributed by atoms with Crippen molar-refractivity contribution in [2.24, 2.45) is 5.92 Å². The van der Waals surface area contributed by atoms with Crippen LogP contribution in [-0.2, 0) is 9.59 Å². The number of hydrogen-bond acceptors (Lipinski definition) is 3. The molecule has 0 bridgehead atoms. The van der Waals surface area contributed by atoms with E-state index in [-0.39, 0.29) is 11.8 Å².